The molecule has 0 aromatic heterocycles. The third kappa shape index (κ3) is 6.12. The van der Waals surface area contributed by atoms with Gasteiger partial charge in [0.1, 0.15) is 0 Å². The van der Waals surface area contributed by atoms with Crippen molar-refractivity contribution < 1.29 is 9.90 Å². The third-order valence-electron chi connectivity index (χ3n) is 3.24. The highest BCUT2D eigenvalue weighted by Gasteiger charge is 2.27. The number of thioether (sulfide) groups is 1. The summed E-state index contributed by atoms with van der Waals surface area (Å²) in [6.45, 7) is 7.30. The molecule has 0 saturated carbocycles. The van der Waals surface area contributed by atoms with Crippen molar-refractivity contribution in [2.24, 2.45) is 5.73 Å². The molecule has 0 spiro atoms. The van der Waals surface area contributed by atoms with Crippen LogP contribution in [0.1, 0.15) is 20.3 Å². The lowest BCUT2D eigenvalue weighted by molar-refractivity contribution is -0.134. The van der Waals surface area contributed by atoms with Crippen molar-refractivity contribution in [3.05, 3.63) is 0 Å². The molecular weight excluding hydrogens is 262 g/mol. The van der Waals surface area contributed by atoms with E-state index in [1.807, 2.05) is 25.0 Å². The van der Waals surface area contributed by atoms with Crippen molar-refractivity contribution in [3.8, 4) is 0 Å². The van der Waals surface area contributed by atoms with Crippen LogP contribution in [-0.4, -0.2) is 77.2 Å². The van der Waals surface area contributed by atoms with Crippen molar-refractivity contribution in [1.82, 2.24) is 9.80 Å². The Kier molecular flexibility index (Phi) is 6.59. The van der Waals surface area contributed by atoms with Crippen LogP contribution in [-0.2, 0) is 4.79 Å². The van der Waals surface area contributed by atoms with E-state index in [-0.39, 0.29) is 11.9 Å². The molecule has 0 radical (unpaired) electrons. The van der Waals surface area contributed by atoms with Gasteiger partial charge in [-0.1, -0.05) is 0 Å². The predicted molar refractivity (Wildman–Crippen MR) is 80.3 cm³/mol. The van der Waals surface area contributed by atoms with Crippen molar-refractivity contribution >= 4 is 17.7 Å². The van der Waals surface area contributed by atoms with Gasteiger partial charge < -0.3 is 15.7 Å². The topological polar surface area (TPSA) is 69.8 Å². The van der Waals surface area contributed by atoms with Crippen LogP contribution in [0.3, 0.4) is 0 Å². The molecule has 3 N–H and O–H groups in total. The van der Waals surface area contributed by atoms with Gasteiger partial charge in [-0.25, -0.2) is 0 Å². The van der Waals surface area contributed by atoms with Gasteiger partial charge in [-0.2, -0.15) is 11.8 Å². The second kappa shape index (κ2) is 7.47. The van der Waals surface area contributed by atoms with Crippen LogP contribution in [0.25, 0.3) is 0 Å². The summed E-state index contributed by atoms with van der Waals surface area (Å²) in [6, 6.07) is -0.367. The van der Waals surface area contributed by atoms with Gasteiger partial charge in [-0.3, -0.25) is 9.69 Å². The monoisotopic (exact) mass is 289 g/mol. The van der Waals surface area contributed by atoms with Crippen LogP contribution in [0.4, 0.5) is 0 Å². The second-order valence-corrected chi connectivity index (χ2v) is 6.79. The molecule has 1 amide bonds. The molecule has 1 rings (SSSR count). The summed E-state index contributed by atoms with van der Waals surface area (Å²) in [5.74, 6) is 0.989. The molecule has 6 heteroatoms. The van der Waals surface area contributed by atoms with Crippen LogP contribution >= 0.6 is 11.8 Å². The number of carbonyl (C=O) groups is 1. The van der Waals surface area contributed by atoms with Gasteiger partial charge in [0, 0.05) is 32.7 Å². The van der Waals surface area contributed by atoms with E-state index < -0.39 is 5.60 Å². The number of aliphatic hydroxyl groups is 1. The normalized spacial score (nSPS) is 19.5. The maximum absolute atomic E-state index is 12.1. The first-order valence-corrected chi connectivity index (χ1v) is 8.21. The third-order valence-corrected chi connectivity index (χ3v) is 3.89. The Balaban J connectivity index is 2.34. The molecule has 1 aliphatic heterocycles. The molecule has 112 valence electrons. The number of hydrogen-bond donors (Lipinski definition) is 2. The van der Waals surface area contributed by atoms with E-state index in [2.05, 4.69) is 4.90 Å². The summed E-state index contributed by atoms with van der Waals surface area (Å²) >= 11 is 1.71. The molecule has 0 aromatic rings. The first kappa shape index (κ1) is 16.8. The van der Waals surface area contributed by atoms with Gasteiger partial charge in [0.15, 0.2) is 0 Å². The van der Waals surface area contributed by atoms with Crippen molar-refractivity contribution in [2.45, 2.75) is 31.9 Å². The SMILES string of the molecule is CSCC[C@H](N)C(=O)N1CCN(CC(C)(C)O)CC1. The zero-order chi connectivity index (χ0) is 14.5. The van der Waals surface area contributed by atoms with E-state index >= 15 is 0 Å². The number of piperazine rings is 1. The van der Waals surface area contributed by atoms with Gasteiger partial charge in [-0.05, 0) is 32.3 Å². The average Bonchev–Trinajstić information content (AvgIpc) is 2.34. The quantitative estimate of drug-likeness (QED) is 0.719. The van der Waals surface area contributed by atoms with E-state index in [0.29, 0.717) is 19.6 Å². The number of amides is 1. The minimum Gasteiger partial charge on any atom is -0.389 e. The lowest BCUT2D eigenvalue weighted by atomic mass is 10.1. The maximum atomic E-state index is 12.1. The Morgan fingerprint density at radius 3 is 2.42 bits per heavy atom. The van der Waals surface area contributed by atoms with Crippen molar-refractivity contribution in [3.63, 3.8) is 0 Å². The summed E-state index contributed by atoms with van der Waals surface area (Å²) in [4.78, 5) is 16.2. The highest BCUT2D eigenvalue weighted by atomic mass is 32.2. The Hall–Kier alpha value is -0.300. The number of rotatable bonds is 6. The van der Waals surface area contributed by atoms with Crippen molar-refractivity contribution in [1.29, 1.82) is 0 Å². The second-order valence-electron chi connectivity index (χ2n) is 5.80. The van der Waals surface area contributed by atoms with Crippen LogP contribution in [0.2, 0.25) is 0 Å². The molecule has 0 aliphatic carbocycles. The standard InChI is InChI=1S/C13H27N3O2S/c1-13(2,18)10-15-5-7-16(8-6-15)12(17)11(14)4-9-19-3/h11,18H,4-10,14H2,1-3H3/t11-/m0/s1. The summed E-state index contributed by atoms with van der Waals surface area (Å²) in [7, 11) is 0. The van der Waals surface area contributed by atoms with E-state index in [0.717, 1.165) is 25.3 Å². The summed E-state index contributed by atoms with van der Waals surface area (Å²) in [5.41, 5.74) is 5.23. The molecule has 19 heavy (non-hydrogen) atoms. The van der Waals surface area contributed by atoms with Crippen molar-refractivity contribution in [2.75, 3.05) is 44.7 Å². The molecule has 0 bridgehead atoms. The predicted octanol–water partition coefficient (Wildman–Crippen LogP) is -0.0181. The van der Waals surface area contributed by atoms with E-state index in [4.69, 9.17) is 5.73 Å². The fraction of sp³-hybridized carbons (Fsp3) is 0.923. The Morgan fingerprint density at radius 2 is 1.95 bits per heavy atom. The molecule has 0 aromatic carbocycles. The van der Waals surface area contributed by atoms with Gasteiger partial charge in [0.25, 0.3) is 0 Å². The lowest BCUT2D eigenvalue weighted by Gasteiger charge is -2.38. The molecule has 0 unspecified atom stereocenters. The zero-order valence-electron chi connectivity index (χ0n) is 12.3. The lowest BCUT2D eigenvalue weighted by Crippen LogP contribution is -2.55. The summed E-state index contributed by atoms with van der Waals surface area (Å²) < 4.78 is 0. The van der Waals surface area contributed by atoms with Gasteiger partial charge in [0.05, 0.1) is 11.6 Å². The Labute approximate surface area is 120 Å². The van der Waals surface area contributed by atoms with Crippen LogP contribution in [0, 0.1) is 0 Å². The molecule has 5 nitrogen and oxygen atoms in total. The number of nitrogens with two attached hydrogens (primary N) is 1. The van der Waals surface area contributed by atoms with Crippen LogP contribution in [0.15, 0.2) is 0 Å². The maximum Gasteiger partial charge on any atom is 0.239 e. The average molecular weight is 289 g/mol. The Morgan fingerprint density at radius 1 is 1.37 bits per heavy atom. The number of nitrogens with zero attached hydrogens (tertiary/aromatic N) is 2. The minimum atomic E-state index is -0.680. The van der Waals surface area contributed by atoms with Gasteiger partial charge in [-0.15, -0.1) is 0 Å². The minimum absolute atomic E-state index is 0.0666. The highest BCUT2D eigenvalue weighted by molar-refractivity contribution is 7.98. The molecular formula is C13H27N3O2S. The molecule has 1 saturated heterocycles. The van der Waals surface area contributed by atoms with E-state index in [1.165, 1.54) is 0 Å². The number of β-amino-alcohol motifs (C(OH)–C–C–N with tert-alkyl or cyclic N) is 1. The highest BCUT2D eigenvalue weighted by Crippen LogP contribution is 2.10. The largest absolute Gasteiger partial charge is 0.389 e. The van der Waals surface area contributed by atoms with Gasteiger partial charge in [0.2, 0.25) is 5.91 Å². The number of hydrogen-bond acceptors (Lipinski definition) is 5. The number of carbonyl (C=O) groups excluding carboxylic acids is 1. The first-order valence-electron chi connectivity index (χ1n) is 6.81. The van der Waals surface area contributed by atoms with E-state index in [9.17, 15) is 9.90 Å². The van der Waals surface area contributed by atoms with Crippen LogP contribution in [0.5, 0.6) is 0 Å². The van der Waals surface area contributed by atoms with Crippen LogP contribution < -0.4 is 5.73 Å². The summed E-state index contributed by atoms with van der Waals surface area (Å²) in [5, 5.41) is 9.79. The fourth-order valence-corrected chi connectivity index (χ4v) is 2.77. The molecule has 1 fully saturated rings. The smallest absolute Gasteiger partial charge is 0.239 e. The fourth-order valence-electron chi connectivity index (χ4n) is 2.28. The first-order chi connectivity index (χ1) is 8.83. The van der Waals surface area contributed by atoms with Gasteiger partial charge >= 0.3 is 0 Å². The Bertz CT molecular complexity index is 286. The molecule has 1 aliphatic rings. The molecule has 1 heterocycles. The zero-order valence-corrected chi connectivity index (χ0v) is 13.1. The molecule has 1 atom stereocenters. The van der Waals surface area contributed by atoms with E-state index in [1.54, 1.807) is 11.8 Å². The summed E-state index contributed by atoms with van der Waals surface area (Å²) in [6.07, 6.45) is 2.76.